The SMILES string of the molecule is C=C[C@@H]1CN(C(=O)OC(C)(C)C)[C@H](C)CN1. The summed E-state index contributed by atoms with van der Waals surface area (Å²) in [5.74, 6) is 0. The summed E-state index contributed by atoms with van der Waals surface area (Å²) in [6.45, 7) is 12.8. The van der Waals surface area contributed by atoms with Crippen molar-refractivity contribution < 1.29 is 9.53 Å². The summed E-state index contributed by atoms with van der Waals surface area (Å²) in [5, 5.41) is 3.30. The summed E-state index contributed by atoms with van der Waals surface area (Å²) in [6.07, 6.45) is 1.58. The third-order valence-corrected chi connectivity index (χ3v) is 2.51. The van der Waals surface area contributed by atoms with Gasteiger partial charge in [0.25, 0.3) is 0 Å². The topological polar surface area (TPSA) is 41.6 Å². The Bertz CT molecular complexity index is 271. The number of ether oxygens (including phenoxy) is 1. The van der Waals surface area contributed by atoms with E-state index in [-0.39, 0.29) is 18.2 Å². The molecule has 1 aliphatic heterocycles. The van der Waals surface area contributed by atoms with Crippen molar-refractivity contribution in [3.8, 4) is 0 Å². The number of nitrogens with zero attached hydrogens (tertiary/aromatic N) is 1. The van der Waals surface area contributed by atoms with Gasteiger partial charge in [-0.1, -0.05) is 6.08 Å². The second-order valence-electron chi connectivity index (χ2n) is 5.23. The average Bonchev–Trinajstić information content (AvgIpc) is 2.15. The van der Waals surface area contributed by atoms with E-state index in [1.807, 2.05) is 33.8 Å². The van der Waals surface area contributed by atoms with Crippen LogP contribution < -0.4 is 5.32 Å². The van der Waals surface area contributed by atoms with Crippen LogP contribution in [0, 0.1) is 0 Å². The lowest BCUT2D eigenvalue weighted by Crippen LogP contribution is -2.57. The zero-order chi connectivity index (χ0) is 12.3. The first-order chi connectivity index (χ1) is 7.33. The van der Waals surface area contributed by atoms with Crippen LogP contribution >= 0.6 is 0 Å². The Balaban J connectivity index is 2.62. The standard InChI is InChI=1S/C12H22N2O2/c1-6-10-8-14(9(2)7-13-10)11(15)16-12(3,4)5/h6,9-10,13H,1,7-8H2,2-5H3/t9-,10-/m1/s1. The molecule has 0 saturated carbocycles. The highest BCUT2D eigenvalue weighted by Gasteiger charge is 2.30. The Hall–Kier alpha value is -1.03. The number of rotatable bonds is 1. The molecule has 4 heteroatoms. The first-order valence-corrected chi connectivity index (χ1v) is 5.69. The van der Waals surface area contributed by atoms with E-state index >= 15 is 0 Å². The van der Waals surface area contributed by atoms with E-state index in [2.05, 4.69) is 11.9 Å². The number of hydrogen-bond donors (Lipinski definition) is 1. The van der Waals surface area contributed by atoms with Gasteiger partial charge < -0.3 is 15.0 Å². The van der Waals surface area contributed by atoms with Crippen LogP contribution in [0.5, 0.6) is 0 Å². The number of amides is 1. The normalized spacial score (nSPS) is 26.4. The zero-order valence-corrected chi connectivity index (χ0v) is 10.6. The molecule has 0 aromatic carbocycles. The molecule has 1 amide bonds. The van der Waals surface area contributed by atoms with Gasteiger partial charge in [-0.05, 0) is 27.7 Å². The van der Waals surface area contributed by atoms with Gasteiger partial charge in [0.15, 0.2) is 0 Å². The van der Waals surface area contributed by atoms with Crippen molar-refractivity contribution >= 4 is 6.09 Å². The smallest absolute Gasteiger partial charge is 0.410 e. The quantitative estimate of drug-likeness (QED) is 0.693. The van der Waals surface area contributed by atoms with Crippen LogP contribution in [0.4, 0.5) is 4.79 Å². The maximum Gasteiger partial charge on any atom is 0.410 e. The van der Waals surface area contributed by atoms with E-state index in [1.54, 1.807) is 4.90 Å². The van der Waals surface area contributed by atoms with Crippen molar-refractivity contribution in [2.24, 2.45) is 0 Å². The molecule has 0 spiro atoms. The van der Waals surface area contributed by atoms with Gasteiger partial charge in [0, 0.05) is 25.2 Å². The molecule has 1 aliphatic rings. The Morgan fingerprint density at radius 2 is 2.19 bits per heavy atom. The van der Waals surface area contributed by atoms with Crippen molar-refractivity contribution in [3.63, 3.8) is 0 Å². The molecule has 1 saturated heterocycles. The first kappa shape index (κ1) is 13.0. The molecule has 1 rings (SSSR count). The van der Waals surface area contributed by atoms with Crippen LogP contribution in [-0.2, 0) is 4.74 Å². The highest BCUT2D eigenvalue weighted by atomic mass is 16.6. The summed E-state index contributed by atoms with van der Waals surface area (Å²) < 4.78 is 5.37. The largest absolute Gasteiger partial charge is 0.444 e. The van der Waals surface area contributed by atoms with Gasteiger partial charge in [-0.15, -0.1) is 6.58 Å². The lowest BCUT2D eigenvalue weighted by Gasteiger charge is -2.38. The van der Waals surface area contributed by atoms with Gasteiger partial charge in [-0.3, -0.25) is 0 Å². The van der Waals surface area contributed by atoms with Crippen molar-refractivity contribution in [1.82, 2.24) is 10.2 Å². The minimum atomic E-state index is -0.439. The number of piperazine rings is 1. The molecular weight excluding hydrogens is 204 g/mol. The maximum absolute atomic E-state index is 11.9. The van der Waals surface area contributed by atoms with Gasteiger partial charge in [-0.2, -0.15) is 0 Å². The van der Waals surface area contributed by atoms with E-state index in [0.29, 0.717) is 6.54 Å². The second-order valence-corrected chi connectivity index (χ2v) is 5.23. The highest BCUT2D eigenvalue weighted by molar-refractivity contribution is 5.68. The second kappa shape index (κ2) is 4.87. The van der Waals surface area contributed by atoms with E-state index in [9.17, 15) is 4.79 Å². The van der Waals surface area contributed by atoms with Gasteiger partial charge in [-0.25, -0.2) is 4.79 Å². The minimum absolute atomic E-state index is 0.156. The summed E-state index contributed by atoms with van der Waals surface area (Å²) in [6, 6.07) is 0.315. The van der Waals surface area contributed by atoms with Crippen molar-refractivity contribution in [3.05, 3.63) is 12.7 Å². The monoisotopic (exact) mass is 226 g/mol. The maximum atomic E-state index is 11.9. The van der Waals surface area contributed by atoms with Crippen LogP contribution in [0.25, 0.3) is 0 Å². The summed E-state index contributed by atoms with van der Waals surface area (Å²) in [7, 11) is 0. The minimum Gasteiger partial charge on any atom is -0.444 e. The highest BCUT2D eigenvalue weighted by Crippen LogP contribution is 2.14. The fourth-order valence-corrected chi connectivity index (χ4v) is 1.62. The fraction of sp³-hybridized carbons (Fsp3) is 0.750. The fourth-order valence-electron chi connectivity index (χ4n) is 1.62. The summed E-state index contributed by atoms with van der Waals surface area (Å²) in [5.41, 5.74) is -0.439. The van der Waals surface area contributed by atoms with Crippen LogP contribution in [0.3, 0.4) is 0 Å². The zero-order valence-electron chi connectivity index (χ0n) is 10.6. The molecule has 92 valence electrons. The van der Waals surface area contributed by atoms with Gasteiger partial charge in [0.05, 0.1) is 0 Å². The van der Waals surface area contributed by atoms with E-state index < -0.39 is 5.60 Å². The molecule has 16 heavy (non-hydrogen) atoms. The lowest BCUT2D eigenvalue weighted by atomic mass is 10.1. The molecule has 0 radical (unpaired) electrons. The molecular formula is C12H22N2O2. The van der Waals surface area contributed by atoms with E-state index in [0.717, 1.165) is 6.54 Å². The Kier molecular flexibility index (Phi) is 3.97. The van der Waals surface area contributed by atoms with E-state index in [4.69, 9.17) is 4.74 Å². The van der Waals surface area contributed by atoms with Crippen molar-refractivity contribution in [2.75, 3.05) is 13.1 Å². The van der Waals surface area contributed by atoms with Crippen molar-refractivity contribution in [2.45, 2.75) is 45.4 Å². The van der Waals surface area contributed by atoms with E-state index in [1.165, 1.54) is 0 Å². The number of carbonyl (C=O) groups is 1. The number of carbonyl (C=O) groups excluding carboxylic acids is 1. The third kappa shape index (κ3) is 3.52. The van der Waals surface area contributed by atoms with Crippen LogP contribution in [-0.4, -0.2) is 41.8 Å². The van der Waals surface area contributed by atoms with Gasteiger partial charge >= 0.3 is 6.09 Å². The summed E-state index contributed by atoms with van der Waals surface area (Å²) >= 11 is 0. The molecule has 0 aromatic rings. The Morgan fingerprint density at radius 3 is 2.69 bits per heavy atom. The van der Waals surface area contributed by atoms with Gasteiger partial charge in [0.1, 0.15) is 5.60 Å². The van der Waals surface area contributed by atoms with Crippen LogP contribution in [0.1, 0.15) is 27.7 Å². The Labute approximate surface area is 97.6 Å². The summed E-state index contributed by atoms with van der Waals surface area (Å²) in [4.78, 5) is 13.7. The first-order valence-electron chi connectivity index (χ1n) is 5.69. The molecule has 0 bridgehead atoms. The molecule has 2 atom stereocenters. The molecule has 1 fully saturated rings. The van der Waals surface area contributed by atoms with Crippen LogP contribution in [0.15, 0.2) is 12.7 Å². The molecule has 0 unspecified atom stereocenters. The predicted molar refractivity (Wildman–Crippen MR) is 64.4 cm³/mol. The third-order valence-electron chi connectivity index (χ3n) is 2.51. The molecule has 1 heterocycles. The van der Waals surface area contributed by atoms with Crippen molar-refractivity contribution in [1.29, 1.82) is 0 Å². The van der Waals surface area contributed by atoms with Gasteiger partial charge in [0.2, 0.25) is 0 Å². The molecule has 4 nitrogen and oxygen atoms in total. The Morgan fingerprint density at radius 1 is 1.56 bits per heavy atom. The van der Waals surface area contributed by atoms with Crippen LogP contribution in [0.2, 0.25) is 0 Å². The number of nitrogens with one attached hydrogen (secondary N) is 1. The predicted octanol–water partition coefficient (Wildman–Crippen LogP) is 1.77. The lowest BCUT2D eigenvalue weighted by molar-refractivity contribution is 0.0116. The average molecular weight is 226 g/mol. The molecule has 0 aliphatic carbocycles. The number of hydrogen-bond acceptors (Lipinski definition) is 3. The molecule has 0 aromatic heterocycles. The molecule has 1 N–H and O–H groups in total.